The molecule has 1 N–H and O–H groups in total. The molecule has 0 unspecified atom stereocenters. The number of carbonyl (C=O) groups excluding carboxylic acids is 1. The van der Waals surface area contributed by atoms with Gasteiger partial charge in [-0.05, 0) is 40.5 Å². The maximum Gasteiger partial charge on any atom is 0.321 e. The molecule has 6 nitrogen and oxygen atoms in total. The van der Waals surface area contributed by atoms with E-state index in [0.29, 0.717) is 37.0 Å². The van der Waals surface area contributed by atoms with Gasteiger partial charge in [-0.15, -0.1) is 5.10 Å². The Morgan fingerprint density at radius 3 is 1.88 bits per heavy atom. The first-order valence-electron chi connectivity index (χ1n) is 11.2. The third-order valence-electron chi connectivity index (χ3n) is 5.98. The van der Waals surface area contributed by atoms with E-state index >= 15 is 0 Å². The lowest BCUT2D eigenvalue weighted by molar-refractivity contribution is 0.208. The summed E-state index contributed by atoms with van der Waals surface area (Å²) in [5.74, 6) is 0.664. The van der Waals surface area contributed by atoms with Crippen LogP contribution >= 0.6 is 11.6 Å². The lowest BCUT2D eigenvalue weighted by Crippen LogP contribution is -2.50. The SMILES string of the molecule is O=C(Nc1ccc(-c2ccc(-c3ccccc3)cc2)cc1)N1CCN(c2nnccc2Cl)CC1. The highest BCUT2D eigenvalue weighted by molar-refractivity contribution is 6.32. The van der Waals surface area contributed by atoms with Crippen LogP contribution in [0.3, 0.4) is 0 Å². The van der Waals surface area contributed by atoms with Crippen molar-refractivity contribution in [2.45, 2.75) is 0 Å². The summed E-state index contributed by atoms with van der Waals surface area (Å²) in [7, 11) is 0. The predicted molar refractivity (Wildman–Crippen MR) is 137 cm³/mol. The number of benzene rings is 3. The van der Waals surface area contributed by atoms with Gasteiger partial charge in [0.15, 0.2) is 5.82 Å². The predicted octanol–water partition coefficient (Wildman–Crippen LogP) is 5.82. The van der Waals surface area contributed by atoms with E-state index in [2.05, 4.69) is 56.8 Å². The highest BCUT2D eigenvalue weighted by Crippen LogP contribution is 2.26. The lowest BCUT2D eigenvalue weighted by atomic mass is 10.0. The number of hydrogen-bond donors (Lipinski definition) is 1. The minimum absolute atomic E-state index is 0.107. The normalized spacial score (nSPS) is 13.6. The van der Waals surface area contributed by atoms with Crippen molar-refractivity contribution in [3.63, 3.8) is 0 Å². The molecule has 1 aromatic heterocycles. The van der Waals surface area contributed by atoms with E-state index < -0.39 is 0 Å². The molecule has 4 aromatic rings. The van der Waals surface area contributed by atoms with E-state index in [1.165, 1.54) is 11.1 Å². The van der Waals surface area contributed by atoms with Crippen LogP contribution in [0.5, 0.6) is 0 Å². The van der Waals surface area contributed by atoms with E-state index in [9.17, 15) is 4.79 Å². The molecule has 0 atom stereocenters. The van der Waals surface area contributed by atoms with Crippen molar-refractivity contribution in [1.29, 1.82) is 0 Å². The molecule has 3 aromatic carbocycles. The van der Waals surface area contributed by atoms with Gasteiger partial charge in [-0.2, -0.15) is 5.10 Å². The zero-order valence-electron chi connectivity index (χ0n) is 18.6. The zero-order chi connectivity index (χ0) is 23.3. The Balaban J connectivity index is 1.18. The van der Waals surface area contributed by atoms with Gasteiger partial charge in [0.05, 0.1) is 11.2 Å². The molecule has 170 valence electrons. The van der Waals surface area contributed by atoms with E-state index in [-0.39, 0.29) is 6.03 Å². The molecule has 5 rings (SSSR count). The Labute approximate surface area is 203 Å². The van der Waals surface area contributed by atoms with E-state index in [1.54, 1.807) is 17.2 Å². The van der Waals surface area contributed by atoms with Crippen molar-refractivity contribution in [2.75, 3.05) is 36.4 Å². The van der Waals surface area contributed by atoms with Crippen molar-refractivity contribution in [2.24, 2.45) is 0 Å². The molecule has 0 aliphatic carbocycles. The molecule has 0 spiro atoms. The van der Waals surface area contributed by atoms with Crippen LogP contribution in [0.15, 0.2) is 91.1 Å². The molecule has 34 heavy (non-hydrogen) atoms. The topological polar surface area (TPSA) is 61.4 Å². The van der Waals surface area contributed by atoms with E-state index in [0.717, 1.165) is 16.8 Å². The van der Waals surface area contributed by atoms with Gasteiger partial charge < -0.3 is 15.1 Å². The molecule has 2 amide bonds. The summed E-state index contributed by atoms with van der Waals surface area (Å²) >= 11 is 6.22. The fourth-order valence-corrected chi connectivity index (χ4v) is 4.29. The maximum absolute atomic E-state index is 12.7. The van der Waals surface area contributed by atoms with Gasteiger partial charge in [-0.3, -0.25) is 0 Å². The Bertz CT molecular complexity index is 1250. The minimum Gasteiger partial charge on any atom is -0.350 e. The van der Waals surface area contributed by atoms with Crippen LogP contribution < -0.4 is 10.2 Å². The molecular formula is C27H24ClN5O. The second-order valence-electron chi connectivity index (χ2n) is 8.13. The number of urea groups is 1. The van der Waals surface area contributed by atoms with Crippen LogP contribution in [0.25, 0.3) is 22.3 Å². The number of aromatic nitrogens is 2. The van der Waals surface area contributed by atoms with Gasteiger partial charge in [0.1, 0.15) is 0 Å². The summed E-state index contributed by atoms with van der Waals surface area (Å²) < 4.78 is 0. The third kappa shape index (κ3) is 4.87. The summed E-state index contributed by atoms with van der Waals surface area (Å²) in [6.07, 6.45) is 1.57. The second kappa shape index (κ2) is 9.93. The number of piperazine rings is 1. The highest BCUT2D eigenvalue weighted by Gasteiger charge is 2.23. The highest BCUT2D eigenvalue weighted by atomic mass is 35.5. The van der Waals surface area contributed by atoms with E-state index in [1.807, 2.05) is 42.5 Å². The first kappa shape index (κ1) is 21.9. The van der Waals surface area contributed by atoms with Crippen molar-refractivity contribution in [3.8, 4) is 22.3 Å². The average Bonchev–Trinajstić information content (AvgIpc) is 2.90. The zero-order valence-corrected chi connectivity index (χ0v) is 19.3. The first-order valence-corrected chi connectivity index (χ1v) is 11.6. The minimum atomic E-state index is -0.107. The molecule has 2 heterocycles. The summed E-state index contributed by atoms with van der Waals surface area (Å²) in [5.41, 5.74) is 5.40. The van der Waals surface area contributed by atoms with Gasteiger partial charge in [-0.1, -0.05) is 78.3 Å². The fourth-order valence-electron chi connectivity index (χ4n) is 4.08. The van der Waals surface area contributed by atoms with Crippen molar-refractivity contribution < 1.29 is 4.79 Å². The Hall–Kier alpha value is -3.90. The van der Waals surface area contributed by atoms with Gasteiger partial charge >= 0.3 is 6.03 Å². The monoisotopic (exact) mass is 469 g/mol. The smallest absolute Gasteiger partial charge is 0.321 e. The summed E-state index contributed by atoms with van der Waals surface area (Å²) in [4.78, 5) is 16.6. The Morgan fingerprint density at radius 2 is 1.29 bits per heavy atom. The Kier molecular flexibility index (Phi) is 6.40. The molecule has 7 heteroatoms. The molecule has 0 bridgehead atoms. The molecular weight excluding hydrogens is 446 g/mol. The summed E-state index contributed by atoms with van der Waals surface area (Å²) in [6.45, 7) is 2.49. The third-order valence-corrected chi connectivity index (χ3v) is 6.28. The molecule has 1 fully saturated rings. The quantitative estimate of drug-likeness (QED) is 0.409. The van der Waals surface area contributed by atoms with Crippen LogP contribution in [0, 0.1) is 0 Å². The number of nitrogens with one attached hydrogen (secondary N) is 1. The summed E-state index contributed by atoms with van der Waals surface area (Å²) in [5, 5.41) is 11.6. The number of hydrogen-bond acceptors (Lipinski definition) is 4. The molecule has 0 saturated carbocycles. The number of amides is 2. The Morgan fingerprint density at radius 1 is 0.735 bits per heavy atom. The van der Waals surface area contributed by atoms with Crippen LogP contribution in [0.4, 0.5) is 16.3 Å². The number of halogens is 1. The standard InChI is InChI=1S/C27H24ClN5O/c28-25-14-15-29-31-26(25)32-16-18-33(19-17-32)27(34)30-24-12-10-23(11-13-24)22-8-6-21(7-9-22)20-4-2-1-3-5-20/h1-15H,16-19H2,(H,30,34). The number of carbonyl (C=O) groups is 1. The number of rotatable bonds is 4. The van der Waals surface area contributed by atoms with Crippen LogP contribution in [-0.2, 0) is 0 Å². The summed E-state index contributed by atoms with van der Waals surface area (Å²) in [6, 6.07) is 28.4. The lowest BCUT2D eigenvalue weighted by Gasteiger charge is -2.35. The van der Waals surface area contributed by atoms with Gasteiger partial charge in [0.2, 0.25) is 0 Å². The molecule has 1 aliphatic heterocycles. The maximum atomic E-state index is 12.7. The van der Waals surface area contributed by atoms with Crippen LogP contribution in [0.2, 0.25) is 5.02 Å². The largest absolute Gasteiger partial charge is 0.350 e. The molecule has 0 radical (unpaired) electrons. The molecule has 1 saturated heterocycles. The first-order chi connectivity index (χ1) is 16.7. The van der Waals surface area contributed by atoms with Gasteiger partial charge in [-0.25, -0.2) is 4.79 Å². The number of nitrogens with zero attached hydrogens (tertiary/aromatic N) is 4. The van der Waals surface area contributed by atoms with Crippen LogP contribution in [-0.4, -0.2) is 47.3 Å². The number of anilines is 2. The average molecular weight is 470 g/mol. The van der Waals surface area contributed by atoms with Crippen molar-refractivity contribution in [1.82, 2.24) is 15.1 Å². The molecule has 1 aliphatic rings. The van der Waals surface area contributed by atoms with Gasteiger partial charge in [0.25, 0.3) is 0 Å². The van der Waals surface area contributed by atoms with Crippen LogP contribution in [0.1, 0.15) is 0 Å². The van der Waals surface area contributed by atoms with E-state index in [4.69, 9.17) is 11.6 Å². The van der Waals surface area contributed by atoms with Crippen molar-refractivity contribution >= 4 is 29.1 Å². The fraction of sp³-hybridized carbons (Fsp3) is 0.148. The second-order valence-corrected chi connectivity index (χ2v) is 8.53. The van der Waals surface area contributed by atoms with Gasteiger partial charge in [0, 0.05) is 31.9 Å². The van der Waals surface area contributed by atoms with Crippen molar-refractivity contribution in [3.05, 3.63) is 96.1 Å².